The lowest BCUT2D eigenvalue weighted by Crippen LogP contribution is -2.49. The third kappa shape index (κ3) is 3.86. The van der Waals surface area contributed by atoms with Gasteiger partial charge in [-0.25, -0.2) is 13.1 Å². The van der Waals surface area contributed by atoms with Gasteiger partial charge in [0.25, 0.3) is 5.91 Å². The Bertz CT molecular complexity index is 1050. The van der Waals surface area contributed by atoms with E-state index in [2.05, 4.69) is 37.6 Å². The van der Waals surface area contributed by atoms with Crippen LogP contribution in [-0.2, 0) is 19.6 Å². The van der Waals surface area contributed by atoms with E-state index in [1.165, 1.54) is 30.9 Å². The Morgan fingerprint density at radius 3 is 2.61 bits per heavy atom. The highest BCUT2D eigenvalue weighted by molar-refractivity contribution is 7.91. The molecule has 33 heavy (non-hydrogen) atoms. The first-order chi connectivity index (χ1) is 15.5. The molecule has 3 saturated carbocycles. The van der Waals surface area contributed by atoms with Gasteiger partial charge in [-0.15, -0.1) is 0 Å². The van der Waals surface area contributed by atoms with Crippen molar-refractivity contribution < 1.29 is 18.0 Å². The minimum absolute atomic E-state index is 0.114. The van der Waals surface area contributed by atoms with Gasteiger partial charge in [0.05, 0.1) is 5.25 Å². The second-order valence-corrected chi connectivity index (χ2v) is 13.8. The number of rotatable bonds is 5. The van der Waals surface area contributed by atoms with Crippen molar-refractivity contribution in [3.05, 3.63) is 36.0 Å². The highest BCUT2D eigenvalue weighted by Gasteiger charge is 2.58. The van der Waals surface area contributed by atoms with E-state index >= 15 is 0 Å². The van der Waals surface area contributed by atoms with Gasteiger partial charge in [-0.3, -0.25) is 9.59 Å². The lowest BCUT2D eigenvalue weighted by molar-refractivity contribution is -0.116. The first kappa shape index (κ1) is 23.1. The quantitative estimate of drug-likeness (QED) is 0.589. The fourth-order valence-electron chi connectivity index (χ4n) is 7.91. The van der Waals surface area contributed by atoms with E-state index in [0.29, 0.717) is 42.9 Å². The Morgan fingerprint density at radius 1 is 1.12 bits per heavy atom. The maximum atomic E-state index is 12.2. The fourth-order valence-corrected chi connectivity index (χ4v) is 9.18. The summed E-state index contributed by atoms with van der Waals surface area (Å²) in [7, 11) is -3.50. The standard InChI is InChI=1S/C27H37NO4S/c1-17(4-11-25(30)28-33(31,32)20-6-7-20)22-9-10-23-21-8-5-18-16-19(29)12-14-26(18,2)24(21)13-15-27(22,23)3/h4-5,8,11,16-17,20-24H,6-7,9-10,12-15H2,1-3H3,(H,28,30)/b11-4+/t17?,21-,22+,23-,24-,26-,27+/m0/s1. The smallest absolute Gasteiger partial charge is 0.257 e. The Labute approximate surface area is 198 Å². The summed E-state index contributed by atoms with van der Waals surface area (Å²) >= 11 is 0. The number of allylic oxidation sites excluding steroid dienone is 5. The van der Waals surface area contributed by atoms with Gasteiger partial charge in [-0.2, -0.15) is 0 Å². The molecule has 0 radical (unpaired) electrons. The molecule has 0 aromatic heterocycles. The van der Waals surface area contributed by atoms with Gasteiger partial charge < -0.3 is 0 Å². The maximum Gasteiger partial charge on any atom is 0.257 e. The molecule has 3 fully saturated rings. The molecule has 5 aliphatic carbocycles. The number of sulfonamides is 1. The van der Waals surface area contributed by atoms with Crippen LogP contribution in [0.3, 0.4) is 0 Å². The van der Waals surface area contributed by atoms with E-state index in [1.54, 1.807) is 0 Å². The van der Waals surface area contributed by atoms with Crippen LogP contribution in [-0.4, -0.2) is 25.4 Å². The van der Waals surface area contributed by atoms with Gasteiger partial charge in [-0.05, 0) is 97.0 Å². The average Bonchev–Trinajstić information content (AvgIpc) is 3.55. The molecule has 0 saturated heterocycles. The minimum Gasteiger partial charge on any atom is -0.295 e. The van der Waals surface area contributed by atoms with Gasteiger partial charge >= 0.3 is 0 Å². The Morgan fingerprint density at radius 2 is 1.88 bits per heavy atom. The number of hydrogen-bond donors (Lipinski definition) is 1. The fraction of sp³-hybridized carbons (Fsp3) is 0.704. The minimum atomic E-state index is -3.50. The zero-order valence-electron chi connectivity index (χ0n) is 20.0. The van der Waals surface area contributed by atoms with Gasteiger partial charge in [0, 0.05) is 12.5 Å². The van der Waals surface area contributed by atoms with E-state index in [9.17, 15) is 18.0 Å². The summed E-state index contributed by atoms with van der Waals surface area (Å²) in [6.45, 7) is 7.00. The molecule has 1 unspecified atom stereocenters. The van der Waals surface area contributed by atoms with Crippen LogP contribution in [0.25, 0.3) is 0 Å². The summed E-state index contributed by atoms with van der Waals surface area (Å²) in [6, 6.07) is 0. The van der Waals surface area contributed by atoms with Crippen molar-refractivity contribution in [3.63, 3.8) is 0 Å². The predicted molar refractivity (Wildman–Crippen MR) is 128 cm³/mol. The number of hydrogen-bond acceptors (Lipinski definition) is 4. The van der Waals surface area contributed by atoms with Crippen LogP contribution in [0.1, 0.15) is 72.1 Å². The molecule has 5 nitrogen and oxygen atoms in total. The molecule has 0 aromatic carbocycles. The summed E-state index contributed by atoms with van der Waals surface area (Å²) in [5.41, 5.74) is 1.57. The van der Waals surface area contributed by atoms with Crippen molar-refractivity contribution in [2.75, 3.05) is 0 Å². The molecular formula is C27H37NO4S. The van der Waals surface area contributed by atoms with E-state index in [1.807, 2.05) is 12.2 Å². The molecule has 1 N–H and O–H groups in total. The third-order valence-electron chi connectivity index (χ3n) is 9.98. The molecule has 0 aliphatic heterocycles. The van der Waals surface area contributed by atoms with E-state index in [0.717, 1.165) is 12.8 Å². The first-order valence-corrected chi connectivity index (χ1v) is 14.3. The molecule has 0 aromatic rings. The van der Waals surface area contributed by atoms with Crippen LogP contribution in [0, 0.1) is 40.4 Å². The van der Waals surface area contributed by atoms with Gasteiger partial charge in [0.1, 0.15) is 0 Å². The Hall–Kier alpha value is -1.69. The molecule has 1 amide bonds. The van der Waals surface area contributed by atoms with E-state index in [4.69, 9.17) is 0 Å². The van der Waals surface area contributed by atoms with Crippen molar-refractivity contribution in [2.24, 2.45) is 40.4 Å². The van der Waals surface area contributed by atoms with E-state index < -0.39 is 15.9 Å². The van der Waals surface area contributed by atoms with Crippen LogP contribution >= 0.6 is 0 Å². The average molecular weight is 472 g/mol. The second-order valence-electron chi connectivity index (χ2n) is 11.8. The zero-order valence-corrected chi connectivity index (χ0v) is 20.9. The zero-order chi connectivity index (χ0) is 23.6. The molecule has 7 atom stereocenters. The summed E-state index contributed by atoms with van der Waals surface area (Å²) < 4.78 is 26.3. The lowest BCUT2D eigenvalue weighted by atomic mass is 9.48. The maximum absolute atomic E-state index is 12.2. The summed E-state index contributed by atoms with van der Waals surface area (Å²) in [4.78, 5) is 24.3. The van der Waals surface area contributed by atoms with Crippen LogP contribution in [0.4, 0.5) is 0 Å². The van der Waals surface area contributed by atoms with E-state index in [-0.39, 0.29) is 27.8 Å². The van der Waals surface area contributed by atoms with Crippen LogP contribution in [0.15, 0.2) is 36.0 Å². The topological polar surface area (TPSA) is 80.3 Å². The highest BCUT2D eigenvalue weighted by Crippen LogP contribution is 2.66. The molecule has 0 heterocycles. The lowest BCUT2D eigenvalue weighted by Gasteiger charge is -2.56. The summed E-state index contributed by atoms with van der Waals surface area (Å²) in [6.07, 6.45) is 17.5. The normalized spacial score (nSPS) is 41.2. The van der Waals surface area contributed by atoms with Crippen molar-refractivity contribution >= 4 is 21.7 Å². The highest BCUT2D eigenvalue weighted by atomic mass is 32.2. The molecule has 0 bridgehead atoms. The Kier molecular flexibility index (Phi) is 5.54. The molecular weight excluding hydrogens is 434 g/mol. The number of ketones is 1. The monoisotopic (exact) mass is 471 g/mol. The number of amides is 1. The molecule has 0 spiro atoms. The number of fused-ring (bicyclic) bond motifs is 5. The van der Waals surface area contributed by atoms with Gasteiger partial charge in [0.15, 0.2) is 5.78 Å². The number of nitrogens with one attached hydrogen (secondary N) is 1. The largest absolute Gasteiger partial charge is 0.295 e. The van der Waals surface area contributed by atoms with Crippen molar-refractivity contribution in [3.8, 4) is 0 Å². The summed E-state index contributed by atoms with van der Waals surface area (Å²) in [5, 5.41) is -0.389. The van der Waals surface area contributed by atoms with Crippen molar-refractivity contribution in [2.45, 2.75) is 77.4 Å². The third-order valence-corrected chi connectivity index (χ3v) is 11.8. The Balaban J connectivity index is 1.31. The molecule has 6 heteroatoms. The number of carbonyl (C=O) groups excluding carboxylic acids is 2. The molecule has 5 aliphatic rings. The molecule has 5 rings (SSSR count). The SMILES string of the molecule is CC(/C=C/C(=O)NS(=O)(=O)C1CC1)[C@H]1CC[C@H]2[C@@H]3C=CC4=CC(=O)CC[C@]4(C)[C@H]3CC[C@]12C. The first-order valence-electron chi connectivity index (χ1n) is 12.7. The van der Waals surface area contributed by atoms with Crippen LogP contribution in [0.2, 0.25) is 0 Å². The summed E-state index contributed by atoms with van der Waals surface area (Å²) in [5.74, 6) is 2.22. The van der Waals surface area contributed by atoms with Crippen molar-refractivity contribution in [1.29, 1.82) is 0 Å². The molecule has 180 valence electrons. The van der Waals surface area contributed by atoms with Gasteiger partial charge in [0.2, 0.25) is 10.0 Å². The predicted octanol–water partition coefficient (Wildman–Crippen LogP) is 4.71. The number of carbonyl (C=O) groups is 2. The van der Waals surface area contributed by atoms with Crippen molar-refractivity contribution in [1.82, 2.24) is 4.72 Å². The van der Waals surface area contributed by atoms with Crippen LogP contribution < -0.4 is 4.72 Å². The van der Waals surface area contributed by atoms with Gasteiger partial charge in [-0.1, -0.05) is 39.0 Å². The second kappa shape index (κ2) is 7.93. The van der Waals surface area contributed by atoms with Crippen LogP contribution in [0.5, 0.6) is 0 Å².